The first-order chi connectivity index (χ1) is 11.9. The highest BCUT2D eigenvalue weighted by Gasteiger charge is 2.44. The Kier molecular flexibility index (Phi) is 3.80. The predicted molar refractivity (Wildman–Crippen MR) is 92.8 cm³/mol. The van der Waals surface area contributed by atoms with Crippen LogP contribution in [0.25, 0.3) is 10.9 Å². The lowest BCUT2D eigenvalue weighted by Gasteiger charge is -2.14. The van der Waals surface area contributed by atoms with Crippen molar-refractivity contribution in [1.82, 2.24) is 14.0 Å². The van der Waals surface area contributed by atoms with E-state index in [1.54, 1.807) is 12.1 Å². The Morgan fingerprint density at radius 2 is 2.04 bits per heavy atom. The van der Waals surface area contributed by atoms with Crippen LogP contribution >= 0.6 is 0 Å². The molecule has 2 aliphatic rings. The number of fused-ring (bicyclic) bond motifs is 1. The van der Waals surface area contributed by atoms with Crippen LogP contribution in [0.4, 0.5) is 4.39 Å². The van der Waals surface area contributed by atoms with E-state index < -0.39 is 34.4 Å². The van der Waals surface area contributed by atoms with E-state index in [-0.39, 0.29) is 5.39 Å². The monoisotopic (exact) mass is 366 g/mol. The number of aromatic nitrogens is 2. The van der Waals surface area contributed by atoms with Crippen LogP contribution in [-0.2, 0) is 17.5 Å². The Morgan fingerprint density at radius 3 is 2.64 bits per heavy atom. The highest BCUT2D eigenvalue weighted by molar-refractivity contribution is 7.83. The third-order valence-corrected chi connectivity index (χ3v) is 6.22. The lowest BCUT2D eigenvalue weighted by atomic mass is 10.2. The summed E-state index contributed by atoms with van der Waals surface area (Å²) >= 11 is 0. The van der Waals surface area contributed by atoms with Crippen LogP contribution in [0.3, 0.4) is 0 Å². The van der Waals surface area contributed by atoms with Crippen molar-refractivity contribution in [1.29, 1.82) is 0 Å². The van der Waals surface area contributed by atoms with Gasteiger partial charge in [-0.1, -0.05) is 0 Å². The summed E-state index contributed by atoms with van der Waals surface area (Å²) in [6.45, 7) is -0.0681. The number of nitrogen functional groups attached to an aromatic ring is 1. The van der Waals surface area contributed by atoms with Crippen LogP contribution < -0.4 is 21.8 Å². The van der Waals surface area contributed by atoms with E-state index in [1.165, 1.54) is 10.6 Å². The molecule has 0 spiro atoms. The van der Waals surface area contributed by atoms with Gasteiger partial charge in [0, 0.05) is 6.54 Å². The lowest BCUT2D eigenvalue weighted by molar-refractivity contribution is 0.398. The summed E-state index contributed by atoms with van der Waals surface area (Å²) in [4.78, 5) is 25.0. The fourth-order valence-electron chi connectivity index (χ4n) is 2.89. The Bertz CT molecular complexity index is 991. The second-order valence-electron chi connectivity index (χ2n) is 6.98. The first-order valence-electron chi connectivity index (χ1n) is 8.24. The van der Waals surface area contributed by atoms with Crippen molar-refractivity contribution in [3.05, 3.63) is 39.0 Å². The molecule has 0 amide bonds. The summed E-state index contributed by atoms with van der Waals surface area (Å²) in [5.41, 5.74) is -1.40. The maximum absolute atomic E-state index is 13.0. The molecule has 2 aromatic rings. The predicted octanol–water partition coefficient (Wildman–Crippen LogP) is 0.401. The lowest BCUT2D eigenvalue weighted by Crippen LogP contribution is -2.45. The number of nitrogens with one attached hydrogen (secondary N) is 1. The van der Waals surface area contributed by atoms with E-state index >= 15 is 0 Å². The first-order valence-corrected chi connectivity index (χ1v) is 9.39. The van der Waals surface area contributed by atoms with Crippen molar-refractivity contribution < 1.29 is 8.60 Å². The minimum absolute atomic E-state index is 0.237. The smallest absolute Gasteiger partial charge is 0.332 e. The van der Waals surface area contributed by atoms with Gasteiger partial charge in [-0.05, 0) is 49.8 Å². The van der Waals surface area contributed by atoms with Gasteiger partial charge in [0.25, 0.3) is 5.56 Å². The third kappa shape index (κ3) is 2.91. The van der Waals surface area contributed by atoms with Crippen molar-refractivity contribution in [2.24, 2.45) is 5.92 Å². The molecule has 9 heteroatoms. The van der Waals surface area contributed by atoms with Crippen LogP contribution in [0, 0.1) is 5.92 Å². The third-order valence-electron chi connectivity index (χ3n) is 4.92. The van der Waals surface area contributed by atoms with Gasteiger partial charge >= 0.3 is 5.69 Å². The van der Waals surface area contributed by atoms with E-state index in [0.717, 1.165) is 12.8 Å². The van der Waals surface area contributed by atoms with E-state index in [9.17, 15) is 18.2 Å². The van der Waals surface area contributed by atoms with Crippen LogP contribution in [0.2, 0.25) is 0 Å². The molecule has 0 aliphatic heterocycles. The molecule has 1 atom stereocenters. The number of nitrogens with two attached hydrogens (primary N) is 1. The molecular weight excluding hydrogens is 347 g/mol. The van der Waals surface area contributed by atoms with E-state index in [2.05, 4.69) is 4.72 Å². The molecule has 3 N–H and O–H groups in total. The second-order valence-corrected chi connectivity index (χ2v) is 8.19. The summed E-state index contributed by atoms with van der Waals surface area (Å²) in [6.07, 6.45) is 3.38. The molecule has 25 heavy (non-hydrogen) atoms. The molecule has 7 nitrogen and oxygen atoms in total. The molecule has 2 fully saturated rings. The van der Waals surface area contributed by atoms with Gasteiger partial charge in [0.1, 0.15) is 17.7 Å². The fraction of sp³-hybridized carbons (Fsp3) is 0.500. The zero-order chi connectivity index (χ0) is 17.8. The molecule has 2 saturated carbocycles. The maximum atomic E-state index is 13.0. The van der Waals surface area contributed by atoms with Crippen molar-refractivity contribution in [3.63, 3.8) is 0 Å². The number of alkyl halides is 1. The average Bonchev–Trinajstić information content (AvgIpc) is 3.53. The summed E-state index contributed by atoms with van der Waals surface area (Å²) in [6, 6.07) is 4.69. The second kappa shape index (κ2) is 5.77. The Balaban J connectivity index is 1.78. The SMILES string of the molecule is Nn1c(=O)c2cc(S(=O)NC3(CF)CC3)ccc2n(CC2CC2)c1=O. The molecular formula is C16H19FN4O3S. The molecule has 1 aromatic carbocycles. The molecule has 4 rings (SSSR count). The van der Waals surface area contributed by atoms with Crippen molar-refractivity contribution >= 4 is 21.9 Å². The number of hydrogen-bond acceptors (Lipinski definition) is 4. The number of hydrogen-bond donors (Lipinski definition) is 2. The van der Waals surface area contributed by atoms with Gasteiger partial charge < -0.3 is 5.84 Å². The zero-order valence-corrected chi connectivity index (χ0v) is 14.4. The van der Waals surface area contributed by atoms with Crippen LogP contribution in [0.1, 0.15) is 25.7 Å². The summed E-state index contributed by atoms with van der Waals surface area (Å²) in [5, 5.41) is 0.237. The van der Waals surface area contributed by atoms with Gasteiger partial charge in [0.05, 0.1) is 21.3 Å². The maximum Gasteiger partial charge on any atom is 0.350 e. The molecule has 1 unspecified atom stereocenters. The van der Waals surface area contributed by atoms with Crippen molar-refractivity contribution in [2.75, 3.05) is 12.5 Å². The first kappa shape index (κ1) is 16.5. The largest absolute Gasteiger partial charge is 0.350 e. The molecule has 134 valence electrons. The van der Waals surface area contributed by atoms with E-state index in [1.807, 2.05) is 0 Å². The van der Waals surface area contributed by atoms with Crippen LogP contribution in [0.15, 0.2) is 32.7 Å². The minimum atomic E-state index is -1.64. The standard InChI is InChI=1S/C16H19FN4O3S/c17-9-16(5-6-16)19-25(24)11-3-4-13-12(7-11)14(22)21(18)15(23)20(13)8-10-1-2-10/h3-4,7,10,19H,1-2,5-6,8-9,18H2. The quantitative estimate of drug-likeness (QED) is 0.723. The average molecular weight is 366 g/mol. The molecule has 0 radical (unpaired) electrons. The van der Waals surface area contributed by atoms with Gasteiger partial charge in [-0.15, -0.1) is 0 Å². The highest BCUT2D eigenvalue weighted by Crippen LogP contribution is 2.36. The Labute approximate surface area is 145 Å². The molecule has 2 aliphatic carbocycles. The summed E-state index contributed by atoms with van der Waals surface area (Å²) < 4.78 is 30.3. The van der Waals surface area contributed by atoms with Gasteiger partial charge in [0.15, 0.2) is 0 Å². The molecule has 1 aromatic heterocycles. The van der Waals surface area contributed by atoms with Crippen LogP contribution in [0.5, 0.6) is 0 Å². The van der Waals surface area contributed by atoms with Crippen molar-refractivity contribution in [2.45, 2.75) is 42.7 Å². The summed E-state index contributed by atoms with van der Waals surface area (Å²) in [7, 11) is -1.64. The number of rotatable bonds is 6. The number of nitrogens with zero attached hydrogens (tertiary/aromatic N) is 2. The summed E-state index contributed by atoms with van der Waals surface area (Å²) in [5.74, 6) is 6.06. The normalized spacial score (nSPS) is 19.9. The van der Waals surface area contributed by atoms with Gasteiger partial charge in [0.2, 0.25) is 0 Å². The molecule has 0 saturated heterocycles. The van der Waals surface area contributed by atoms with Gasteiger partial charge in [-0.2, -0.15) is 4.68 Å². The Hall–Kier alpha value is -2.00. The van der Waals surface area contributed by atoms with Crippen molar-refractivity contribution in [3.8, 4) is 0 Å². The minimum Gasteiger partial charge on any atom is -0.332 e. The fourth-order valence-corrected chi connectivity index (χ4v) is 4.08. The number of benzene rings is 1. The topological polar surface area (TPSA) is 99.1 Å². The van der Waals surface area contributed by atoms with Crippen LogP contribution in [-0.4, -0.2) is 25.7 Å². The Morgan fingerprint density at radius 1 is 1.32 bits per heavy atom. The van der Waals surface area contributed by atoms with E-state index in [4.69, 9.17) is 5.84 Å². The molecule has 1 heterocycles. The number of halogens is 1. The zero-order valence-electron chi connectivity index (χ0n) is 13.5. The van der Waals surface area contributed by atoms with Gasteiger partial charge in [-0.25, -0.2) is 18.1 Å². The van der Waals surface area contributed by atoms with E-state index in [0.29, 0.717) is 40.4 Å². The molecule has 0 bridgehead atoms. The highest BCUT2D eigenvalue weighted by atomic mass is 32.2. The van der Waals surface area contributed by atoms with Gasteiger partial charge in [-0.3, -0.25) is 9.36 Å².